The van der Waals surface area contributed by atoms with E-state index in [1.165, 1.54) is 238 Å². The number of aliphatic hydroxyl groups is 1. The predicted octanol–water partition coefficient (Wildman–Crippen LogP) is 16.8. The summed E-state index contributed by atoms with van der Waals surface area (Å²) >= 11 is 0. The number of unbranched alkanes of at least 4 members (excludes halogenated alkanes) is 41. The normalized spacial score (nSPS) is 14.0. The van der Waals surface area contributed by atoms with Crippen LogP contribution >= 0.6 is 7.82 Å². The van der Waals surface area contributed by atoms with Gasteiger partial charge in [-0.1, -0.05) is 283 Å². The number of aliphatic hydroxyl groups excluding tert-OH is 1. The Morgan fingerprint density at radius 2 is 0.818 bits per heavy atom. The highest BCUT2D eigenvalue weighted by molar-refractivity contribution is 7.45. The van der Waals surface area contributed by atoms with Crippen molar-refractivity contribution in [3.05, 3.63) is 12.2 Å². The molecule has 0 saturated carbocycles. The molecule has 0 rings (SSSR count). The Hall–Kier alpha value is -0.760. The summed E-state index contributed by atoms with van der Waals surface area (Å²) in [5, 5.41) is 13.8. The Kier molecular flexibility index (Phi) is 48.7. The first-order valence-electron chi connectivity index (χ1n) is 29.1. The number of rotatable bonds is 54. The zero-order valence-corrected chi connectivity index (χ0v) is 45.8. The fraction of sp³-hybridized carbons (Fsp3) is 0.947. The van der Waals surface area contributed by atoms with Crippen LogP contribution in [0.25, 0.3) is 0 Å². The Morgan fingerprint density at radius 3 is 1.14 bits per heavy atom. The van der Waals surface area contributed by atoms with Crippen LogP contribution in [-0.2, 0) is 18.4 Å². The molecule has 0 aromatic rings. The van der Waals surface area contributed by atoms with Gasteiger partial charge in [-0.2, -0.15) is 0 Å². The monoisotopic (exact) mass is 955 g/mol. The molecule has 1 amide bonds. The van der Waals surface area contributed by atoms with E-state index in [2.05, 4.69) is 19.2 Å². The summed E-state index contributed by atoms with van der Waals surface area (Å²) in [6.45, 7) is 4.67. The molecular weight excluding hydrogens is 840 g/mol. The molecule has 3 unspecified atom stereocenters. The second kappa shape index (κ2) is 49.2. The van der Waals surface area contributed by atoms with Gasteiger partial charge >= 0.3 is 0 Å². The first-order valence-corrected chi connectivity index (χ1v) is 30.5. The summed E-state index contributed by atoms with van der Waals surface area (Å²) in [7, 11) is 1.27. The Balaban J connectivity index is 3.90. The molecule has 0 aliphatic heterocycles. The molecule has 2 N–H and O–H groups in total. The molecule has 0 heterocycles. The van der Waals surface area contributed by atoms with Gasteiger partial charge < -0.3 is 28.8 Å². The number of nitrogens with one attached hydrogen (secondary N) is 1. The lowest BCUT2D eigenvalue weighted by molar-refractivity contribution is -0.870. The topological polar surface area (TPSA) is 108 Å². The van der Waals surface area contributed by atoms with Gasteiger partial charge in [0.15, 0.2) is 0 Å². The van der Waals surface area contributed by atoms with Gasteiger partial charge in [0.05, 0.1) is 39.9 Å². The van der Waals surface area contributed by atoms with Gasteiger partial charge in [0, 0.05) is 6.42 Å². The number of carbonyl (C=O) groups is 1. The third-order valence-corrected chi connectivity index (χ3v) is 14.5. The van der Waals surface area contributed by atoms with Crippen molar-refractivity contribution in [3.63, 3.8) is 0 Å². The summed E-state index contributed by atoms with van der Waals surface area (Å²) in [6, 6.07) is -0.880. The summed E-state index contributed by atoms with van der Waals surface area (Å²) in [6.07, 6.45) is 60.3. The molecule has 0 aromatic heterocycles. The molecule has 0 aromatic carbocycles. The van der Waals surface area contributed by atoms with Crippen LogP contribution in [0.15, 0.2) is 12.2 Å². The van der Waals surface area contributed by atoms with E-state index in [1.807, 2.05) is 27.2 Å². The van der Waals surface area contributed by atoms with Crippen molar-refractivity contribution in [2.75, 3.05) is 40.9 Å². The average molecular weight is 956 g/mol. The zero-order chi connectivity index (χ0) is 48.5. The van der Waals surface area contributed by atoms with Crippen molar-refractivity contribution >= 4 is 13.7 Å². The second-order valence-corrected chi connectivity index (χ2v) is 22.8. The molecule has 0 saturated heterocycles. The number of carbonyl (C=O) groups excluding carboxylic acids is 1. The predicted molar refractivity (Wildman–Crippen MR) is 284 cm³/mol. The number of quaternary nitrogens is 1. The van der Waals surface area contributed by atoms with Crippen molar-refractivity contribution in [2.24, 2.45) is 0 Å². The quantitative estimate of drug-likeness (QED) is 0.0272. The van der Waals surface area contributed by atoms with Crippen molar-refractivity contribution in [1.82, 2.24) is 5.32 Å². The number of hydrogen-bond donors (Lipinski definition) is 2. The summed E-state index contributed by atoms with van der Waals surface area (Å²) in [5.74, 6) is -0.192. The summed E-state index contributed by atoms with van der Waals surface area (Å²) in [4.78, 5) is 25.4. The molecule has 394 valence electrons. The maximum Gasteiger partial charge on any atom is 0.268 e. The van der Waals surface area contributed by atoms with Crippen molar-refractivity contribution < 1.29 is 32.9 Å². The fourth-order valence-corrected chi connectivity index (χ4v) is 9.64. The van der Waals surface area contributed by atoms with Gasteiger partial charge in [-0.05, 0) is 19.3 Å². The smallest absolute Gasteiger partial charge is 0.268 e. The van der Waals surface area contributed by atoms with E-state index in [1.54, 1.807) is 6.08 Å². The third-order valence-electron chi connectivity index (χ3n) is 13.5. The van der Waals surface area contributed by atoms with Crippen LogP contribution in [0, 0.1) is 0 Å². The molecular formula is C57H115N2O6P. The van der Waals surface area contributed by atoms with Crippen LogP contribution in [0.5, 0.6) is 0 Å². The summed E-state index contributed by atoms with van der Waals surface area (Å²) in [5.41, 5.74) is 0. The van der Waals surface area contributed by atoms with E-state index in [-0.39, 0.29) is 19.1 Å². The molecule has 8 nitrogen and oxygen atoms in total. The highest BCUT2D eigenvalue weighted by atomic mass is 31.2. The first kappa shape index (κ1) is 65.2. The van der Waals surface area contributed by atoms with Gasteiger partial charge in [-0.3, -0.25) is 9.36 Å². The molecule has 0 spiro atoms. The minimum absolute atomic E-state index is 0.00221. The highest BCUT2D eigenvalue weighted by Gasteiger charge is 2.23. The lowest BCUT2D eigenvalue weighted by atomic mass is 10.0. The molecule has 66 heavy (non-hydrogen) atoms. The lowest BCUT2D eigenvalue weighted by Crippen LogP contribution is -2.45. The number of nitrogens with zero attached hydrogens (tertiary/aromatic N) is 1. The van der Waals surface area contributed by atoms with Crippen LogP contribution < -0.4 is 10.2 Å². The number of allylic oxidation sites excluding steroid dienone is 1. The Labute approximate surface area is 412 Å². The minimum atomic E-state index is -4.58. The van der Waals surface area contributed by atoms with Crippen molar-refractivity contribution in [1.29, 1.82) is 0 Å². The average Bonchev–Trinajstić information content (AvgIpc) is 3.28. The Morgan fingerprint density at radius 1 is 0.515 bits per heavy atom. The molecule has 9 heteroatoms. The second-order valence-electron chi connectivity index (χ2n) is 21.4. The maximum atomic E-state index is 12.9. The van der Waals surface area contributed by atoms with Gasteiger partial charge in [0.2, 0.25) is 5.91 Å². The van der Waals surface area contributed by atoms with E-state index < -0.39 is 20.0 Å². The number of likely N-dealkylation sites (N-methyl/N-ethyl adjacent to an activating group) is 1. The van der Waals surface area contributed by atoms with Crippen LogP contribution in [0.2, 0.25) is 0 Å². The molecule has 3 atom stereocenters. The van der Waals surface area contributed by atoms with Crippen LogP contribution in [-0.4, -0.2) is 68.5 Å². The first-order chi connectivity index (χ1) is 32.0. The van der Waals surface area contributed by atoms with E-state index in [9.17, 15) is 19.4 Å². The third kappa shape index (κ3) is 51.1. The maximum absolute atomic E-state index is 12.9. The zero-order valence-electron chi connectivity index (χ0n) is 44.9. The van der Waals surface area contributed by atoms with E-state index in [0.717, 1.165) is 38.5 Å². The Bertz CT molecular complexity index is 1080. The number of hydrogen-bond acceptors (Lipinski definition) is 6. The lowest BCUT2D eigenvalue weighted by Gasteiger charge is -2.29. The van der Waals surface area contributed by atoms with Crippen LogP contribution in [0.4, 0.5) is 0 Å². The minimum Gasteiger partial charge on any atom is -0.756 e. The summed E-state index contributed by atoms with van der Waals surface area (Å²) < 4.78 is 23.3. The van der Waals surface area contributed by atoms with Crippen molar-refractivity contribution in [2.45, 2.75) is 309 Å². The molecule has 0 aliphatic carbocycles. The number of phosphoric acid groups is 1. The SMILES string of the molecule is CCCCCCCCCCC/C=C/C(O)C(COP(=O)([O-])OCC[N+](C)(C)C)NC(=O)CCCCCCCCCCCCCCCCCCCCCCCCCCCCCCCCCCC. The standard InChI is InChI=1S/C57H115N2O6P/c1-6-8-10-12-14-16-18-19-20-21-22-23-24-25-26-27-28-29-30-31-32-33-34-35-36-37-38-39-41-43-45-47-49-51-57(61)58-55(54-65-66(62,63)64-53-52-59(3,4)5)56(60)50-48-46-44-42-40-17-15-13-11-9-7-2/h48,50,55-56,60H,6-47,49,51-54H2,1-5H3,(H-,58,61,62,63)/b50-48+. The van der Waals surface area contributed by atoms with Gasteiger partial charge in [0.1, 0.15) is 13.2 Å². The number of amides is 1. The highest BCUT2D eigenvalue weighted by Crippen LogP contribution is 2.38. The molecule has 0 aliphatic rings. The van der Waals surface area contributed by atoms with Crippen LogP contribution in [0.1, 0.15) is 296 Å². The van der Waals surface area contributed by atoms with E-state index in [4.69, 9.17) is 9.05 Å². The molecule has 0 fully saturated rings. The van der Waals surface area contributed by atoms with Crippen molar-refractivity contribution in [3.8, 4) is 0 Å². The van der Waals surface area contributed by atoms with Gasteiger partial charge in [0.25, 0.3) is 7.82 Å². The molecule has 0 bridgehead atoms. The molecule has 0 radical (unpaired) electrons. The van der Waals surface area contributed by atoms with Gasteiger partial charge in [-0.15, -0.1) is 0 Å². The number of phosphoric ester groups is 1. The largest absolute Gasteiger partial charge is 0.756 e. The van der Waals surface area contributed by atoms with E-state index >= 15 is 0 Å². The fourth-order valence-electron chi connectivity index (χ4n) is 8.92. The van der Waals surface area contributed by atoms with Crippen LogP contribution in [0.3, 0.4) is 0 Å². The van der Waals surface area contributed by atoms with Gasteiger partial charge in [-0.25, -0.2) is 0 Å². The van der Waals surface area contributed by atoms with E-state index in [0.29, 0.717) is 17.4 Å².